The van der Waals surface area contributed by atoms with Crippen LogP contribution in [-0.4, -0.2) is 29.1 Å². The number of carbonyl (C=O) groups excluding carboxylic acids is 2. The number of likely N-dealkylation sites (N-methyl/N-ethyl adjacent to an activating group) is 1. The average Bonchev–Trinajstić information content (AvgIpc) is 2.58. The molecule has 94 valence electrons. The van der Waals surface area contributed by atoms with Gasteiger partial charge < -0.3 is 10.5 Å². The number of amides is 3. The van der Waals surface area contributed by atoms with E-state index in [9.17, 15) is 14.8 Å². The van der Waals surface area contributed by atoms with Crippen molar-refractivity contribution in [2.45, 2.75) is 0 Å². The fourth-order valence-corrected chi connectivity index (χ4v) is 1.51. The Bertz CT molecular complexity index is 522. The number of urea groups is 1. The molecule has 1 aromatic rings. The molecule has 0 radical (unpaired) electrons. The van der Waals surface area contributed by atoms with Crippen molar-refractivity contribution < 1.29 is 20.0 Å². The minimum absolute atomic E-state index is 0.163. The number of imide groups is 1. The first-order chi connectivity index (χ1) is 8.49. The number of quaternary nitrogens is 1. The highest BCUT2D eigenvalue weighted by Crippen LogP contribution is 2.13. The summed E-state index contributed by atoms with van der Waals surface area (Å²) in [5.74, 6) is -0.415. The predicted molar refractivity (Wildman–Crippen MR) is 61.5 cm³/mol. The van der Waals surface area contributed by atoms with E-state index >= 15 is 0 Å². The Hall–Kier alpha value is -2.22. The van der Waals surface area contributed by atoms with Crippen molar-refractivity contribution in [3.8, 4) is 0 Å². The molecule has 1 atom stereocenters. The number of benzene rings is 1. The predicted octanol–water partition coefficient (Wildman–Crippen LogP) is -0.387. The molecule has 1 aliphatic heterocycles. The van der Waals surface area contributed by atoms with Crippen LogP contribution in [0.3, 0.4) is 0 Å². The molecule has 0 aromatic heterocycles. The van der Waals surface area contributed by atoms with Gasteiger partial charge in [0, 0.05) is 19.2 Å². The molecule has 1 aliphatic rings. The zero-order valence-corrected chi connectivity index (χ0v) is 9.51. The van der Waals surface area contributed by atoms with Gasteiger partial charge >= 0.3 is 6.03 Å². The second kappa shape index (κ2) is 4.57. The molecule has 1 unspecified atom stereocenters. The van der Waals surface area contributed by atoms with Crippen LogP contribution in [0.4, 0.5) is 10.5 Å². The van der Waals surface area contributed by atoms with Crippen LogP contribution >= 0.6 is 0 Å². The minimum atomic E-state index is -1.01. The monoisotopic (exact) mass is 249 g/mol. The molecule has 18 heavy (non-hydrogen) atoms. The Morgan fingerprint density at radius 2 is 1.94 bits per heavy atom. The Balaban J connectivity index is 2.24. The third-order valence-corrected chi connectivity index (χ3v) is 2.55. The third kappa shape index (κ3) is 2.23. The van der Waals surface area contributed by atoms with Gasteiger partial charge in [0.1, 0.15) is 5.70 Å². The average molecular weight is 249 g/mol. The molecule has 1 heterocycles. The van der Waals surface area contributed by atoms with Gasteiger partial charge in [-0.25, -0.2) is 10.0 Å². The van der Waals surface area contributed by atoms with Crippen molar-refractivity contribution in [3.05, 3.63) is 40.7 Å². The van der Waals surface area contributed by atoms with Gasteiger partial charge in [-0.05, 0) is 23.8 Å². The first kappa shape index (κ1) is 12.2. The summed E-state index contributed by atoms with van der Waals surface area (Å²) < 4.78 is 0. The van der Waals surface area contributed by atoms with Crippen LogP contribution < -0.4 is 10.5 Å². The maximum absolute atomic E-state index is 11.6. The van der Waals surface area contributed by atoms with Gasteiger partial charge in [-0.3, -0.25) is 9.69 Å². The highest BCUT2D eigenvalue weighted by atomic mass is 16.8. The van der Waals surface area contributed by atoms with Crippen LogP contribution in [0.2, 0.25) is 0 Å². The van der Waals surface area contributed by atoms with Gasteiger partial charge in [0.05, 0.1) is 0 Å². The van der Waals surface area contributed by atoms with E-state index < -0.39 is 17.2 Å². The van der Waals surface area contributed by atoms with Crippen LogP contribution in [0, 0.1) is 5.21 Å². The lowest BCUT2D eigenvalue weighted by molar-refractivity contribution is -0.991. The van der Waals surface area contributed by atoms with E-state index in [1.165, 1.54) is 25.3 Å². The SMILES string of the molecule is CN1C(=O)NC(=Cc2ccc([NH+]([O-])O)cc2)C1=O. The van der Waals surface area contributed by atoms with Gasteiger partial charge in [-0.15, -0.1) is 0 Å². The second-order valence-corrected chi connectivity index (χ2v) is 3.78. The first-order valence-corrected chi connectivity index (χ1v) is 5.13. The normalized spacial score (nSPS) is 19.3. The van der Waals surface area contributed by atoms with Crippen LogP contribution in [0.25, 0.3) is 6.08 Å². The standard InChI is InChI=1S/C11H11N3O4/c1-13-10(15)9(12-11(13)16)6-7-2-4-8(5-3-7)14(17)18/h2-6,14,17H,1H3,(H,12,16). The first-order valence-electron chi connectivity index (χ1n) is 5.13. The smallest absolute Gasteiger partial charge is 0.328 e. The van der Waals surface area contributed by atoms with Crippen LogP contribution in [-0.2, 0) is 4.79 Å². The number of rotatable bonds is 2. The van der Waals surface area contributed by atoms with Gasteiger partial charge in [-0.1, -0.05) is 0 Å². The summed E-state index contributed by atoms with van der Waals surface area (Å²) in [5, 5.41) is 20.8. The fraction of sp³-hybridized carbons (Fsp3) is 0.0909. The molecule has 0 bridgehead atoms. The lowest BCUT2D eigenvalue weighted by Crippen LogP contribution is -2.99. The van der Waals surface area contributed by atoms with Crippen molar-refractivity contribution in [1.29, 1.82) is 0 Å². The third-order valence-electron chi connectivity index (χ3n) is 2.55. The molecule has 1 aromatic carbocycles. The van der Waals surface area contributed by atoms with E-state index in [0.717, 1.165) is 4.90 Å². The largest absolute Gasteiger partial charge is 0.595 e. The number of hydrogen-bond acceptors (Lipinski definition) is 4. The van der Waals surface area contributed by atoms with E-state index in [2.05, 4.69) is 5.32 Å². The number of carbonyl (C=O) groups is 2. The van der Waals surface area contributed by atoms with Crippen molar-refractivity contribution in [1.82, 2.24) is 10.2 Å². The summed E-state index contributed by atoms with van der Waals surface area (Å²) >= 11 is 0. The van der Waals surface area contributed by atoms with Crippen molar-refractivity contribution in [3.63, 3.8) is 0 Å². The molecule has 1 fully saturated rings. The van der Waals surface area contributed by atoms with E-state index in [1.807, 2.05) is 0 Å². The molecule has 0 aliphatic carbocycles. The lowest BCUT2D eigenvalue weighted by Gasteiger charge is -2.10. The second-order valence-electron chi connectivity index (χ2n) is 3.78. The van der Waals surface area contributed by atoms with Gasteiger partial charge in [0.2, 0.25) is 0 Å². The van der Waals surface area contributed by atoms with Crippen molar-refractivity contribution in [2.24, 2.45) is 0 Å². The summed E-state index contributed by atoms with van der Waals surface area (Å²) in [5.41, 5.74) is 0.973. The molecule has 1 saturated heterocycles. The zero-order chi connectivity index (χ0) is 13.3. The molecule has 0 spiro atoms. The Kier molecular flexibility index (Phi) is 3.11. The fourth-order valence-electron chi connectivity index (χ4n) is 1.51. The van der Waals surface area contributed by atoms with Crippen LogP contribution in [0.1, 0.15) is 5.56 Å². The molecule has 3 N–H and O–H groups in total. The zero-order valence-electron chi connectivity index (χ0n) is 9.51. The Morgan fingerprint density at radius 3 is 2.39 bits per heavy atom. The summed E-state index contributed by atoms with van der Waals surface area (Å²) in [6.07, 6.45) is 1.50. The van der Waals surface area contributed by atoms with Gasteiger partial charge in [-0.2, -0.15) is 5.23 Å². The number of nitrogens with one attached hydrogen (secondary N) is 2. The van der Waals surface area contributed by atoms with E-state index in [-0.39, 0.29) is 11.4 Å². The highest BCUT2D eigenvalue weighted by molar-refractivity contribution is 6.13. The van der Waals surface area contributed by atoms with E-state index in [4.69, 9.17) is 5.21 Å². The van der Waals surface area contributed by atoms with Crippen molar-refractivity contribution >= 4 is 23.7 Å². The molecule has 7 heteroatoms. The van der Waals surface area contributed by atoms with Crippen LogP contribution in [0.5, 0.6) is 0 Å². The topological polar surface area (TPSA) is 97.1 Å². The summed E-state index contributed by atoms with van der Waals surface area (Å²) in [6.45, 7) is 0. The Morgan fingerprint density at radius 1 is 1.33 bits per heavy atom. The van der Waals surface area contributed by atoms with E-state index in [0.29, 0.717) is 5.56 Å². The summed E-state index contributed by atoms with van der Waals surface area (Å²) in [7, 11) is 1.38. The lowest BCUT2D eigenvalue weighted by atomic mass is 10.2. The highest BCUT2D eigenvalue weighted by Gasteiger charge is 2.29. The quantitative estimate of drug-likeness (QED) is 0.378. The maximum Gasteiger partial charge on any atom is 0.328 e. The molecule has 3 amide bonds. The molecular weight excluding hydrogens is 238 g/mol. The summed E-state index contributed by atoms with van der Waals surface area (Å²) in [4.78, 5) is 23.7. The molecular formula is C11H11N3O4. The van der Waals surface area contributed by atoms with Crippen LogP contribution in [0.15, 0.2) is 30.0 Å². The summed E-state index contributed by atoms with van der Waals surface area (Å²) in [6, 6.07) is 5.51. The number of hydrogen-bond donors (Lipinski definition) is 3. The molecule has 2 rings (SSSR count). The Labute approximate surface area is 102 Å². The minimum Gasteiger partial charge on any atom is -0.595 e. The van der Waals surface area contributed by atoms with Gasteiger partial charge in [0.15, 0.2) is 5.69 Å². The maximum atomic E-state index is 11.6. The number of nitrogens with zero attached hydrogens (tertiary/aromatic N) is 1. The molecule has 0 saturated carbocycles. The van der Waals surface area contributed by atoms with Gasteiger partial charge in [0.25, 0.3) is 5.91 Å². The van der Waals surface area contributed by atoms with Crippen molar-refractivity contribution in [2.75, 3.05) is 7.05 Å². The molecule has 7 nitrogen and oxygen atoms in total. The van der Waals surface area contributed by atoms with E-state index in [1.54, 1.807) is 12.1 Å².